The van der Waals surface area contributed by atoms with E-state index >= 15 is 0 Å². The molecule has 8 atom stereocenters. The van der Waals surface area contributed by atoms with Crippen LogP contribution in [0, 0.1) is 0 Å². The molecule has 0 bridgehead atoms. The van der Waals surface area contributed by atoms with Crippen molar-refractivity contribution in [3.63, 3.8) is 0 Å². The molecule has 10 aliphatic heterocycles. The Morgan fingerprint density at radius 1 is 0.641 bits per heavy atom. The average molecular weight is 561 g/mol. The van der Waals surface area contributed by atoms with Crippen molar-refractivity contribution in [3.05, 3.63) is 77.9 Å². The fraction of sp³-hybridized carbons (Fsp3) is 0.514. The standard InChI is InChI=1S/C21H25O2.C14H11O.Fe/c22-20(18-12-6-5-7-13-18)16-8-3-1-2-4-9-17-21(23)19-14-10-11-15-19;15-14(13-8-4-5-9-13)11-10-12-6-2-1-3-7-12;/h5-7,10-15H,1-4,8-9,16-17H2;1-11H;. The van der Waals surface area contributed by atoms with Gasteiger partial charge in [0.25, 0.3) is 0 Å². The average Bonchev–Trinajstić information content (AvgIpc) is 3.92. The molecule has 0 saturated carbocycles. The van der Waals surface area contributed by atoms with E-state index in [-0.39, 0.29) is 14.4 Å². The van der Waals surface area contributed by atoms with Gasteiger partial charge in [0.2, 0.25) is 0 Å². The van der Waals surface area contributed by atoms with E-state index in [0.29, 0.717) is 18.0 Å². The molecule has 10 saturated heterocycles. The Bertz CT molecular complexity index is 1980. The predicted molar refractivity (Wildman–Crippen MR) is 149 cm³/mol. The summed E-state index contributed by atoms with van der Waals surface area (Å²) in [5, 5.41) is 0. The molecule has 8 unspecified atom stereocenters. The topological polar surface area (TPSA) is 51.2 Å². The molecule has 0 aromatic heterocycles. The zero-order valence-corrected chi connectivity index (χ0v) is 23.4. The van der Waals surface area contributed by atoms with Gasteiger partial charge in [-0.15, -0.1) is 0 Å². The van der Waals surface area contributed by atoms with Gasteiger partial charge < -0.3 is 0 Å². The minimum absolute atomic E-state index is 0.0759. The molecule has 12 rings (SSSR count). The van der Waals surface area contributed by atoms with Crippen LogP contribution in [0.15, 0.2) is 66.7 Å². The number of carbonyl (C=O) groups excluding carboxylic acids is 3. The molecule has 1 spiro atoms. The summed E-state index contributed by atoms with van der Waals surface area (Å²) in [5.41, 5.74) is 1.94. The Morgan fingerprint density at radius 3 is 1.74 bits per heavy atom. The van der Waals surface area contributed by atoms with Gasteiger partial charge in [-0.05, 0) is 0 Å². The zero-order valence-electron chi connectivity index (χ0n) is 22.3. The Morgan fingerprint density at radius 2 is 1.15 bits per heavy atom. The van der Waals surface area contributed by atoms with Crippen LogP contribution in [-0.2, 0) is 16.1 Å². The minimum Gasteiger partial charge on any atom is -0.0622 e. The molecule has 0 amide bonds. The van der Waals surface area contributed by atoms with Crippen molar-refractivity contribution in [1.82, 2.24) is 0 Å². The van der Waals surface area contributed by atoms with E-state index in [4.69, 9.17) is 0 Å². The van der Waals surface area contributed by atoms with Crippen LogP contribution in [0.2, 0.25) is 47.2 Å². The van der Waals surface area contributed by atoms with Gasteiger partial charge in [-0.3, -0.25) is 0 Å². The molecule has 10 fully saturated rings. The van der Waals surface area contributed by atoms with Gasteiger partial charge in [0.1, 0.15) is 0 Å². The van der Waals surface area contributed by atoms with Crippen molar-refractivity contribution in [2.45, 2.75) is 98.5 Å². The number of carbonyl (C=O) groups is 3. The van der Waals surface area contributed by atoms with E-state index in [1.54, 1.807) is 0 Å². The molecule has 10 heterocycles. The van der Waals surface area contributed by atoms with E-state index in [0.717, 1.165) is 94.6 Å². The molecule has 0 N–H and O–H groups in total. The number of hydrogen-bond acceptors (Lipinski definition) is 3. The van der Waals surface area contributed by atoms with Gasteiger partial charge in [0, 0.05) is 0 Å². The summed E-state index contributed by atoms with van der Waals surface area (Å²) >= 11 is 0. The Kier molecular flexibility index (Phi) is 1.75. The van der Waals surface area contributed by atoms with Crippen molar-refractivity contribution < 1.29 is 20.9 Å². The Hall–Kier alpha value is -2.29. The molecule has 39 heavy (non-hydrogen) atoms. The van der Waals surface area contributed by atoms with Crippen LogP contribution in [0.1, 0.15) is 67.3 Å². The van der Waals surface area contributed by atoms with Crippen molar-refractivity contribution in [1.29, 1.82) is 0 Å². The van der Waals surface area contributed by atoms with Crippen LogP contribution in [-0.4, -0.2) is 17.3 Å². The van der Waals surface area contributed by atoms with Crippen molar-refractivity contribution >= 4 is 23.4 Å². The molecule has 0 aliphatic carbocycles. The van der Waals surface area contributed by atoms with Crippen LogP contribution in [0.25, 0.3) is 6.08 Å². The van der Waals surface area contributed by atoms with E-state index in [2.05, 4.69) is 18.2 Å². The Labute approximate surface area is 220 Å². The molecule has 2 aromatic carbocycles. The molecule has 202 valence electrons. The van der Waals surface area contributed by atoms with Gasteiger partial charge in [-0.25, -0.2) is 0 Å². The maximum absolute atomic E-state index is 14.2. The van der Waals surface area contributed by atoms with Crippen LogP contribution in [0.5, 0.6) is 0 Å². The smallest absolute Gasteiger partial charge is 0.0622 e. The van der Waals surface area contributed by atoms with Gasteiger partial charge >= 0.3 is 190 Å². The number of allylic oxidation sites excluding steroid dienone is 1. The van der Waals surface area contributed by atoms with Crippen molar-refractivity contribution in [2.75, 3.05) is 0 Å². The number of Topliss-reactive ketones (excluding diaryl/α,β-unsaturated/α-hetero) is 2. The quantitative estimate of drug-likeness (QED) is 0.100. The second-order valence-electron chi connectivity index (χ2n) is 16.7. The van der Waals surface area contributed by atoms with Gasteiger partial charge in [0.15, 0.2) is 0 Å². The maximum atomic E-state index is 14.2. The molecular weight excluding hydrogens is 524 g/mol. The van der Waals surface area contributed by atoms with Gasteiger partial charge in [-0.2, -0.15) is 0 Å². The van der Waals surface area contributed by atoms with E-state index in [1.807, 2.05) is 54.6 Å². The second-order valence-corrected chi connectivity index (χ2v) is 39.9. The summed E-state index contributed by atoms with van der Waals surface area (Å²) in [6.07, 6.45) is 12.0. The first-order valence-corrected chi connectivity index (χ1v) is 21.6. The molecule has 4 heteroatoms. The number of rotatable bonds is 14. The van der Waals surface area contributed by atoms with Crippen molar-refractivity contribution in [3.8, 4) is 0 Å². The minimum atomic E-state index is -4.07. The summed E-state index contributed by atoms with van der Waals surface area (Å²) in [6, 6.07) is 19.9. The zero-order chi connectivity index (χ0) is 26.0. The van der Waals surface area contributed by atoms with E-state index in [9.17, 15) is 14.4 Å². The third-order valence-corrected chi connectivity index (χ3v) is 62.7. The normalized spacial score (nSPS) is 60.3. The van der Waals surface area contributed by atoms with Gasteiger partial charge in [0.05, 0.1) is 0 Å². The fourth-order valence-electron chi connectivity index (χ4n) is 21.1. The summed E-state index contributed by atoms with van der Waals surface area (Å²) in [7, 11) is 0. The first kappa shape index (κ1) is 20.6. The van der Waals surface area contributed by atoms with Crippen LogP contribution >= 0.6 is 0 Å². The van der Waals surface area contributed by atoms with Crippen LogP contribution < -0.4 is 0 Å². The first-order chi connectivity index (χ1) is 18.8. The second kappa shape index (κ2) is 3.33. The molecular formula is C35H36FeO3. The third-order valence-electron chi connectivity index (χ3n) is 20.0. The first-order valence-electron chi connectivity index (χ1n) is 15.4. The number of unbranched alkanes of at least 4 members (excludes halogenated alkanes) is 5. The fourth-order valence-corrected chi connectivity index (χ4v) is 96.9. The summed E-state index contributed by atoms with van der Waals surface area (Å²) in [4.78, 5) is 47.5. The predicted octanol–water partition coefficient (Wildman–Crippen LogP) is 8.97. The van der Waals surface area contributed by atoms with Gasteiger partial charge in [-0.1, -0.05) is 30.3 Å². The van der Waals surface area contributed by atoms with Crippen LogP contribution in [0.3, 0.4) is 0 Å². The monoisotopic (exact) mass is 560 g/mol. The number of ketones is 3. The number of benzene rings is 2. The molecule has 3 nitrogen and oxygen atoms in total. The number of hydrogen-bond donors (Lipinski definition) is 0. The summed E-state index contributed by atoms with van der Waals surface area (Å²) in [6.45, 7) is -4.07. The molecule has 2 aromatic rings. The third kappa shape index (κ3) is 0.550. The molecule has 10 aliphatic rings. The van der Waals surface area contributed by atoms with Crippen LogP contribution in [0.4, 0.5) is 0 Å². The van der Waals surface area contributed by atoms with Crippen molar-refractivity contribution in [2.24, 2.45) is 0 Å². The summed E-state index contributed by atoms with van der Waals surface area (Å²) < 4.78 is 0.217. The van der Waals surface area contributed by atoms with E-state index in [1.165, 1.54) is 0 Å². The summed E-state index contributed by atoms with van der Waals surface area (Å²) in [5.74, 6) is 1.40. The molecule has 0 radical (unpaired) electrons. The van der Waals surface area contributed by atoms with E-state index < -0.39 is 6.51 Å². The Balaban J connectivity index is 0.725. The number of fused-ring (bicyclic) bond motifs is 10. The SMILES string of the molecule is O=C(CCCCCCCCC(=O)[C]12[CH]3[CH]4[CH]5[CH]1[Fe]45321678[CH]2[CH]1[CH]6[C]7(C(=O)C=Cc1ccccc1)[CH]28)c1ccccc1.